The first-order chi connectivity index (χ1) is 1.41. The van der Waals surface area contributed by atoms with E-state index in [1.54, 1.807) is 6.08 Å². The van der Waals surface area contributed by atoms with Gasteiger partial charge in [-0.15, -0.1) is 6.58 Å². The van der Waals surface area contributed by atoms with Gasteiger partial charge in [-0.05, 0) is 6.92 Å². The highest BCUT2D eigenvalue weighted by atomic mass is 16.0. The van der Waals surface area contributed by atoms with Crippen LogP contribution in [-0.2, 0) is 5.48 Å². The topological polar surface area (TPSA) is 59.0 Å². The Morgan fingerprint density at radius 3 is 1.60 bits per heavy atom. The van der Waals surface area contributed by atoms with Gasteiger partial charge in [0.1, 0.15) is 0 Å². The molecule has 0 aromatic rings. The van der Waals surface area contributed by atoms with Crippen LogP contribution in [0.1, 0.15) is 6.92 Å². The molecule has 2 nitrogen and oxygen atoms in total. The molecule has 0 aliphatic carbocycles. The van der Waals surface area contributed by atoms with Gasteiger partial charge in [0.05, 0.1) is 0 Å². The van der Waals surface area contributed by atoms with E-state index in [0.29, 0.717) is 0 Å². The van der Waals surface area contributed by atoms with E-state index in [4.69, 9.17) is 0 Å². The zero-order valence-corrected chi connectivity index (χ0v) is 3.14. The van der Waals surface area contributed by atoms with E-state index in [1.165, 1.54) is 0 Å². The fourth-order valence-corrected chi connectivity index (χ4v) is 0. The van der Waals surface area contributed by atoms with Crippen LogP contribution in [0.15, 0.2) is 12.7 Å². The predicted octanol–water partition coefficient (Wildman–Crippen LogP) is 0.593. The maximum Gasteiger partial charge on any atom is 0 e. The van der Waals surface area contributed by atoms with E-state index in [-0.39, 0.29) is 11.6 Å². The van der Waals surface area contributed by atoms with Crippen LogP contribution in [0, 0.1) is 0 Å². The van der Waals surface area contributed by atoms with Crippen LogP contribution in [0.5, 0.6) is 0 Å². The summed E-state index contributed by atoms with van der Waals surface area (Å²) in [4.78, 5) is 0. The van der Waals surface area contributed by atoms with Gasteiger partial charge in [0.15, 0.2) is 0 Å². The molecule has 0 heterocycles. The third kappa shape index (κ3) is 87.2. The molecule has 5 heavy (non-hydrogen) atoms. The molecule has 2 heteroatoms. The monoisotopic (exact) mass is 72.0 g/mol. The van der Waals surface area contributed by atoms with Gasteiger partial charge in [0.2, 0.25) is 0 Å². The number of nitrogens with zero attached hydrogens (tertiary/aromatic N) is 1. The zero-order chi connectivity index (χ0) is 2.71. The molecular formula is C3H6NO. The van der Waals surface area contributed by atoms with Crippen molar-refractivity contribution in [1.29, 1.82) is 0 Å². The third-order valence-electron chi connectivity index (χ3n) is 0. The molecule has 0 spiro atoms. The largest absolute Gasteiger partial charge is 0.103 e. The highest BCUT2D eigenvalue weighted by Crippen LogP contribution is 1.38. The Kier molecular flexibility index (Phi) is 269. The zero-order valence-electron chi connectivity index (χ0n) is 3.14. The van der Waals surface area contributed by atoms with E-state index >= 15 is 0 Å². The van der Waals surface area contributed by atoms with Crippen molar-refractivity contribution in [2.45, 2.75) is 6.92 Å². The summed E-state index contributed by atoms with van der Waals surface area (Å²) in [5, 5.41) is 0. The second kappa shape index (κ2) is 59.5. The Morgan fingerprint density at radius 1 is 1.60 bits per heavy atom. The molecule has 0 N–H and O–H groups in total. The van der Waals surface area contributed by atoms with Crippen molar-refractivity contribution in [3.63, 3.8) is 0 Å². The van der Waals surface area contributed by atoms with Crippen molar-refractivity contribution in [3.8, 4) is 0 Å². The lowest BCUT2D eigenvalue weighted by Crippen LogP contribution is -1.07. The van der Waals surface area contributed by atoms with Crippen molar-refractivity contribution < 1.29 is 5.48 Å². The lowest BCUT2D eigenvalue weighted by molar-refractivity contribution is 0.686. The summed E-state index contributed by atoms with van der Waals surface area (Å²) in [6, 6.07) is 0. The lowest BCUT2D eigenvalue weighted by Gasteiger charge is -1.31. The summed E-state index contributed by atoms with van der Waals surface area (Å²) in [6.07, 6.45) is 1.75. The van der Waals surface area contributed by atoms with E-state index in [9.17, 15) is 0 Å². The summed E-state index contributed by atoms with van der Waals surface area (Å²) >= 11 is 0. The molecule has 0 fully saturated rings. The molecule has 0 aromatic carbocycles. The lowest BCUT2D eigenvalue weighted by atomic mass is 10.8. The summed E-state index contributed by atoms with van der Waals surface area (Å²) in [5.74, 6) is 0. The smallest absolute Gasteiger partial charge is 0 e. The molecule has 0 bridgehead atoms. The van der Waals surface area contributed by atoms with Crippen LogP contribution in [0.3, 0.4) is 0 Å². The van der Waals surface area contributed by atoms with Crippen LogP contribution in [0.2, 0.25) is 0 Å². The van der Waals surface area contributed by atoms with Crippen molar-refractivity contribution in [1.82, 2.24) is 6.15 Å². The second-order valence-corrected chi connectivity index (χ2v) is 0.408. The van der Waals surface area contributed by atoms with E-state index in [1.807, 2.05) is 6.92 Å². The molecule has 0 amide bonds. The van der Waals surface area contributed by atoms with Gasteiger partial charge in [0, 0.05) is 11.6 Å². The third-order valence-corrected chi connectivity index (χ3v) is 0. The minimum Gasteiger partial charge on any atom is -0.103 e. The maximum atomic E-state index is 3.36. The first kappa shape index (κ1) is 22.7. The molecule has 0 unspecified atom stereocenters. The summed E-state index contributed by atoms with van der Waals surface area (Å²) in [7, 11) is 0. The molecule has 0 saturated carbocycles. The van der Waals surface area contributed by atoms with E-state index in [0.717, 1.165) is 0 Å². The highest BCUT2D eigenvalue weighted by Gasteiger charge is 1.15. The van der Waals surface area contributed by atoms with Gasteiger partial charge in [0.25, 0.3) is 0 Å². The van der Waals surface area contributed by atoms with Crippen LogP contribution >= 0.6 is 0 Å². The number of rotatable bonds is 0. The van der Waals surface area contributed by atoms with Gasteiger partial charge >= 0.3 is 0 Å². The van der Waals surface area contributed by atoms with Crippen LogP contribution in [0.4, 0.5) is 0 Å². The molecule has 5 radical (unpaired) electrons. The number of hydrogen-bond donors (Lipinski definition) is 0. The van der Waals surface area contributed by atoms with Crippen molar-refractivity contribution >= 4 is 0 Å². The van der Waals surface area contributed by atoms with Gasteiger partial charge < -0.3 is 0 Å². The molecule has 0 aliphatic rings. The van der Waals surface area contributed by atoms with Gasteiger partial charge in [-0.1, -0.05) is 6.08 Å². The van der Waals surface area contributed by atoms with Crippen molar-refractivity contribution in [2.24, 2.45) is 0 Å². The molecule has 0 atom stereocenters. The van der Waals surface area contributed by atoms with Crippen LogP contribution in [-0.4, -0.2) is 0 Å². The predicted molar refractivity (Wildman–Crippen MR) is 18.7 cm³/mol. The molecule has 0 aromatic heterocycles. The number of hydrogen-bond acceptors (Lipinski definition) is 0. The van der Waals surface area contributed by atoms with Gasteiger partial charge in [-0.25, -0.2) is 0 Å². The minimum atomic E-state index is 0. The molecule has 29 valence electrons. The van der Waals surface area contributed by atoms with Crippen LogP contribution in [0.25, 0.3) is 0 Å². The normalized spacial score (nSPS) is 2.60. The average Bonchev–Trinajstić information content (AvgIpc) is 0.918. The van der Waals surface area contributed by atoms with Gasteiger partial charge in [-0.3, -0.25) is 0 Å². The Balaban J connectivity index is -0.0000000200. The summed E-state index contributed by atoms with van der Waals surface area (Å²) in [6.45, 7) is 5.25. The standard InChI is InChI=1S/C3H6.N.O/c1-3-2;;/h3H,1H2,2H3;;. The number of allylic oxidation sites excluding steroid dienone is 1. The van der Waals surface area contributed by atoms with Crippen molar-refractivity contribution in [3.05, 3.63) is 12.7 Å². The van der Waals surface area contributed by atoms with E-state index < -0.39 is 0 Å². The Hall–Kier alpha value is -0.340. The molecule has 0 aliphatic heterocycles. The first-order valence-corrected chi connectivity index (χ1v) is 0.986. The average molecular weight is 72.1 g/mol. The Morgan fingerprint density at radius 2 is 1.60 bits per heavy atom. The van der Waals surface area contributed by atoms with Gasteiger partial charge in [-0.2, -0.15) is 0 Å². The van der Waals surface area contributed by atoms with Crippen LogP contribution < -0.4 is 6.15 Å². The SMILES string of the molecule is C=CC.[N].[O]. The maximum absolute atomic E-state index is 3.36. The Labute approximate surface area is 32.4 Å². The summed E-state index contributed by atoms with van der Waals surface area (Å²) < 4.78 is 0. The summed E-state index contributed by atoms with van der Waals surface area (Å²) in [5.41, 5.74) is 0. The second-order valence-electron chi connectivity index (χ2n) is 0.408. The van der Waals surface area contributed by atoms with Crippen molar-refractivity contribution in [2.75, 3.05) is 0 Å². The highest BCUT2D eigenvalue weighted by molar-refractivity contribution is 4.51. The quantitative estimate of drug-likeness (QED) is 0.376. The minimum absolute atomic E-state index is 0. The molecule has 0 rings (SSSR count). The Bertz CT molecular complexity index is 14.4. The first-order valence-electron chi connectivity index (χ1n) is 0.986. The fraction of sp³-hybridized carbons (Fsp3) is 0.333. The molecule has 0 saturated heterocycles. The van der Waals surface area contributed by atoms with E-state index in [2.05, 4.69) is 6.58 Å². The molecular weight excluding hydrogens is 66.0 g/mol. The fourth-order valence-electron chi connectivity index (χ4n) is 0.